The van der Waals surface area contributed by atoms with Crippen molar-refractivity contribution in [1.82, 2.24) is 0 Å². The van der Waals surface area contributed by atoms with Crippen LogP contribution in [0.15, 0.2) is 182 Å². The van der Waals surface area contributed by atoms with E-state index in [1.807, 2.05) is 0 Å². The van der Waals surface area contributed by atoms with Crippen LogP contribution < -0.4 is 0 Å². The van der Waals surface area contributed by atoms with Gasteiger partial charge in [-0.25, -0.2) is 0 Å². The van der Waals surface area contributed by atoms with Gasteiger partial charge >= 0.3 is 0 Å². The molecular formula is C46H30. The summed E-state index contributed by atoms with van der Waals surface area (Å²) < 4.78 is 0. The van der Waals surface area contributed by atoms with Gasteiger partial charge in [-0.1, -0.05) is 164 Å². The Balaban J connectivity index is 1.22. The van der Waals surface area contributed by atoms with Crippen molar-refractivity contribution in [3.63, 3.8) is 0 Å². The Labute approximate surface area is 268 Å². The predicted molar refractivity (Wildman–Crippen MR) is 198 cm³/mol. The van der Waals surface area contributed by atoms with E-state index in [9.17, 15) is 0 Å². The number of hydrogen-bond donors (Lipinski definition) is 0. The van der Waals surface area contributed by atoms with E-state index in [-0.39, 0.29) is 0 Å². The first-order chi connectivity index (χ1) is 22.8. The molecule has 0 saturated carbocycles. The topological polar surface area (TPSA) is 0 Å². The SMILES string of the molecule is c1ccc(-c2ccc(-c3c4ccccc4c(-c4ccc5ccc(-c6ccc7ccccc7c6)cc5c4)c4ccccc34)cc2)cc1. The predicted octanol–water partition coefficient (Wildman–Crippen LogP) is 13.0. The summed E-state index contributed by atoms with van der Waals surface area (Å²) >= 11 is 0. The van der Waals surface area contributed by atoms with E-state index < -0.39 is 0 Å². The van der Waals surface area contributed by atoms with Gasteiger partial charge in [-0.05, 0) is 106 Å². The van der Waals surface area contributed by atoms with Crippen LogP contribution in [0.1, 0.15) is 0 Å². The minimum absolute atomic E-state index is 1.23. The molecule has 0 aliphatic rings. The van der Waals surface area contributed by atoms with Crippen molar-refractivity contribution in [2.75, 3.05) is 0 Å². The van der Waals surface area contributed by atoms with Crippen molar-refractivity contribution in [2.45, 2.75) is 0 Å². The minimum atomic E-state index is 1.23. The molecule has 9 aromatic rings. The summed E-state index contributed by atoms with van der Waals surface area (Å²) in [5.74, 6) is 0. The zero-order chi connectivity index (χ0) is 30.5. The van der Waals surface area contributed by atoms with Crippen LogP contribution in [0.5, 0.6) is 0 Å². The van der Waals surface area contributed by atoms with Gasteiger partial charge in [0.15, 0.2) is 0 Å². The van der Waals surface area contributed by atoms with Gasteiger partial charge in [0, 0.05) is 0 Å². The molecule has 0 aliphatic carbocycles. The third kappa shape index (κ3) is 4.47. The molecule has 0 aliphatic heterocycles. The molecule has 0 amide bonds. The maximum absolute atomic E-state index is 2.38. The average molecular weight is 583 g/mol. The molecule has 0 N–H and O–H groups in total. The van der Waals surface area contributed by atoms with Gasteiger partial charge in [-0.3, -0.25) is 0 Å². The maximum Gasteiger partial charge on any atom is -0.00262 e. The van der Waals surface area contributed by atoms with Crippen LogP contribution in [0, 0.1) is 0 Å². The molecule has 0 heteroatoms. The van der Waals surface area contributed by atoms with Crippen LogP contribution >= 0.6 is 0 Å². The second kappa shape index (κ2) is 10.9. The van der Waals surface area contributed by atoms with Crippen LogP contribution in [-0.2, 0) is 0 Å². The lowest BCUT2D eigenvalue weighted by Gasteiger charge is -2.18. The highest BCUT2D eigenvalue weighted by Gasteiger charge is 2.17. The third-order valence-electron chi connectivity index (χ3n) is 9.42. The molecule has 0 saturated heterocycles. The van der Waals surface area contributed by atoms with Crippen molar-refractivity contribution < 1.29 is 0 Å². The molecule has 0 spiro atoms. The quantitative estimate of drug-likeness (QED) is 0.181. The van der Waals surface area contributed by atoms with Crippen LogP contribution in [0.25, 0.3) is 87.6 Å². The zero-order valence-electron chi connectivity index (χ0n) is 25.3. The first-order valence-electron chi connectivity index (χ1n) is 15.9. The Kier molecular flexibility index (Phi) is 6.25. The molecule has 0 atom stereocenters. The largest absolute Gasteiger partial charge is 0.0622 e. The van der Waals surface area contributed by atoms with Crippen LogP contribution in [0.3, 0.4) is 0 Å². The fourth-order valence-corrected chi connectivity index (χ4v) is 7.16. The highest BCUT2D eigenvalue weighted by molar-refractivity contribution is 6.21. The fourth-order valence-electron chi connectivity index (χ4n) is 7.16. The average Bonchev–Trinajstić information content (AvgIpc) is 3.13. The summed E-state index contributed by atoms with van der Waals surface area (Å²) in [6.45, 7) is 0. The first-order valence-corrected chi connectivity index (χ1v) is 15.9. The molecule has 9 rings (SSSR count). The highest BCUT2D eigenvalue weighted by atomic mass is 14.2. The van der Waals surface area contributed by atoms with E-state index in [4.69, 9.17) is 0 Å². The smallest absolute Gasteiger partial charge is 0.00262 e. The van der Waals surface area contributed by atoms with Crippen molar-refractivity contribution in [1.29, 1.82) is 0 Å². The second-order valence-corrected chi connectivity index (χ2v) is 12.1. The number of benzene rings is 9. The molecule has 214 valence electrons. The summed E-state index contributed by atoms with van der Waals surface area (Å²) in [5, 5.41) is 10.1. The fraction of sp³-hybridized carbons (Fsp3) is 0. The van der Waals surface area contributed by atoms with Gasteiger partial charge in [0.2, 0.25) is 0 Å². The van der Waals surface area contributed by atoms with E-state index in [0.717, 1.165) is 0 Å². The Morgan fingerprint density at radius 1 is 0.196 bits per heavy atom. The highest BCUT2D eigenvalue weighted by Crippen LogP contribution is 2.44. The van der Waals surface area contributed by atoms with Crippen LogP contribution in [-0.4, -0.2) is 0 Å². The Morgan fingerprint density at radius 2 is 0.565 bits per heavy atom. The van der Waals surface area contributed by atoms with Gasteiger partial charge in [0.05, 0.1) is 0 Å². The van der Waals surface area contributed by atoms with Gasteiger partial charge < -0.3 is 0 Å². The lowest BCUT2D eigenvalue weighted by atomic mass is 9.85. The molecule has 46 heavy (non-hydrogen) atoms. The van der Waals surface area contributed by atoms with Crippen molar-refractivity contribution >= 4 is 43.1 Å². The molecule has 0 aromatic heterocycles. The third-order valence-corrected chi connectivity index (χ3v) is 9.42. The Hall–Kier alpha value is -5.98. The molecule has 0 heterocycles. The van der Waals surface area contributed by atoms with Crippen molar-refractivity contribution in [3.8, 4) is 44.5 Å². The summed E-state index contributed by atoms with van der Waals surface area (Å²) in [6.07, 6.45) is 0. The summed E-state index contributed by atoms with van der Waals surface area (Å²) in [6, 6.07) is 66.6. The van der Waals surface area contributed by atoms with E-state index in [1.54, 1.807) is 0 Å². The van der Waals surface area contributed by atoms with Gasteiger partial charge in [-0.15, -0.1) is 0 Å². The monoisotopic (exact) mass is 582 g/mol. The van der Waals surface area contributed by atoms with Crippen LogP contribution in [0.4, 0.5) is 0 Å². The lowest BCUT2D eigenvalue weighted by molar-refractivity contribution is 1.61. The second-order valence-electron chi connectivity index (χ2n) is 12.1. The number of hydrogen-bond acceptors (Lipinski definition) is 0. The summed E-state index contributed by atoms with van der Waals surface area (Å²) in [4.78, 5) is 0. The maximum atomic E-state index is 2.38. The molecule has 0 radical (unpaired) electrons. The molecule has 0 nitrogen and oxygen atoms in total. The van der Waals surface area contributed by atoms with Gasteiger partial charge in [-0.2, -0.15) is 0 Å². The number of rotatable bonds is 4. The van der Waals surface area contributed by atoms with E-state index in [1.165, 1.54) is 87.6 Å². The molecule has 9 aromatic carbocycles. The van der Waals surface area contributed by atoms with Gasteiger partial charge in [0.25, 0.3) is 0 Å². The first kappa shape index (κ1) is 26.4. The molecular weight excluding hydrogens is 553 g/mol. The normalized spacial score (nSPS) is 11.5. The summed E-state index contributed by atoms with van der Waals surface area (Å²) in [7, 11) is 0. The molecule has 0 unspecified atom stereocenters. The molecule has 0 fully saturated rings. The van der Waals surface area contributed by atoms with E-state index in [2.05, 4.69) is 182 Å². The minimum Gasteiger partial charge on any atom is -0.0622 e. The molecule has 0 bridgehead atoms. The Morgan fingerprint density at radius 3 is 1.17 bits per heavy atom. The van der Waals surface area contributed by atoms with Gasteiger partial charge in [0.1, 0.15) is 0 Å². The summed E-state index contributed by atoms with van der Waals surface area (Å²) in [5.41, 5.74) is 9.98. The van der Waals surface area contributed by atoms with E-state index >= 15 is 0 Å². The van der Waals surface area contributed by atoms with Crippen LogP contribution in [0.2, 0.25) is 0 Å². The standard InChI is InChI=1S/C46H30/c1-2-10-31(11-3-1)33-18-23-35(24-19-33)45-41-14-6-8-16-43(41)46(44-17-9-7-15-42(44)45)39-27-22-34-21-26-38(29-40(34)30-39)37-25-20-32-12-4-5-13-36(32)28-37/h1-30H. The van der Waals surface area contributed by atoms with Crippen molar-refractivity contribution in [3.05, 3.63) is 182 Å². The Bertz CT molecular complexity index is 2500. The van der Waals surface area contributed by atoms with Crippen molar-refractivity contribution in [2.24, 2.45) is 0 Å². The lowest BCUT2D eigenvalue weighted by Crippen LogP contribution is -1.91. The number of fused-ring (bicyclic) bond motifs is 4. The van der Waals surface area contributed by atoms with E-state index in [0.29, 0.717) is 0 Å². The zero-order valence-corrected chi connectivity index (χ0v) is 25.3.